The summed E-state index contributed by atoms with van der Waals surface area (Å²) in [5.41, 5.74) is 1.72. The Hall–Kier alpha value is -2.03. The highest BCUT2D eigenvalue weighted by molar-refractivity contribution is 5.76. The van der Waals surface area contributed by atoms with E-state index < -0.39 is 11.9 Å². The molecule has 1 N–H and O–H groups in total. The second-order valence-electron chi connectivity index (χ2n) is 3.64. The summed E-state index contributed by atoms with van der Waals surface area (Å²) in [6.07, 6.45) is 3.47. The Bertz CT molecular complexity index is 445. The number of hydrogen-bond donors (Lipinski definition) is 1. The van der Waals surface area contributed by atoms with Gasteiger partial charge in [0, 0.05) is 5.56 Å². The second kappa shape index (κ2) is 4.66. The van der Waals surface area contributed by atoms with Gasteiger partial charge in [0.25, 0.3) is 0 Å². The zero-order valence-corrected chi connectivity index (χ0v) is 8.67. The average Bonchev–Trinajstić information content (AvgIpc) is 2.80. The van der Waals surface area contributed by atoms with Crippen LogP contribution in [0, 0.1) is 0 Å². The molecule has 3 nitrogen and oxygen atoms in total. The third-order valence-electron chi connectivity index (χ3n) is 2.53. The van der Waals surface area contributed by atoms with Crippen molar-refractivity contribution in [2.45, 2.75) is 12.3 Å². The summed E-state index contributed by atoms with van der Waals surface area (Å²) in [7, 11) is 0. The van der Waals surface area contributed by atoms with Gasteiger partial charge in [-0.05, 0) is 18.1 Å². The monoisotopic (exact) mass is 216 g/mol. The molecule has 0 spiro atoms. The molecule has 1 atom stereocenters. The minimum Gasteiger partial charge on any atom is -0.481 e. The molecule has 1 aromatic carbocycles. The predicted molar refractivity (Wildman–Crippen MR) is 59.2 cm³/mol. The fourth-order valence-corrected chi connectivity index (χ4v) is 1.67. The highest BCUT2D eigenvalue weighted by atomic mass is 16.4. The zero-order valence-electron chi connectivity index (χ0n) is 8.67. The Kier molecular flexibility index (Phi) is 3.05. The van der Waals surface area contributed by atoms with Crippen LogP contribution in [0.5, 0.6) is 0 Å². The molecule has 0 aliphatic carbocycles. The van der Waals surface area contributed by atoms with Crippen LogP contribution in [0.15, 0.2) is 53.3 Å². The molecule has 0 amide bonds. The van der Waals surface area contributed by atoms with Crippen LogP contribution in [0.4, 0.5) is 0 Å². The van der Waals surface area contributed by atoms with Crippen LogP contribution >= 0.6 is 0 Å². The van der Waals surface area contributed by atoms with Crippen molar-refractivity contribution in [3.63, 3.8) is 0 Å². The van der Waals surface area contributed by atoms with E-state index in [-0.39, 0.29) is 0 Å². The zero-order chi connectivity index (χ0) is 11.4. The van der Waals surface area contributed by atoms with E-state index in [2.05, 4.69) is 0 Å². The first-order valence-corrected chi connectivity index (χ1v) is 5.06. The lowest BCUT2D eigenvalue weighted by Crippen LogP contribution is -2.13. The molecule has 0 aliphatic rings. The quantitative estimate of drug-likeness (QED) is 0.854. The number of furan rings is 1. The van der Waals surface area contributed by atoms with Crippen molar-refractivity contribution in [2.24, 2.45) is 0 Å². The lowest BCUT2D eigenvalue weighted by atomic mass is 9.94. The molecule has 0 saturated heterocycles. The maximum Gasteiger partial charge on any atom is 0.311 e. The van der Waals surface area contributed by atoms with Crippen molar-refractivity contribution in [1.82, 2.24) is 0 Å². The first kappa shape index (κ1) is 10.5. The number of benzene rings is 1. The summed E-state index contributed by atoms with van der Waals surface area (Å²) < 4.78 is 4.92. The van der Waals surface area contributed by atoms with Crippen molar-refractivity contribution in [1.29, 1.82) is 0 Å². The van der Waals surface area contributed by atoms with E-state index in [0.717, 1.165) is 5.56 Å². The minimum absolute atomic E-state index is 0.482. The third kappa shape index (κ3) is 2.31. The Morgan fingerprint density at radius 3 is 2.56 bits per heavy atom. The van der Waals surface area contributed by atoms with Gasteiger partial charge in [0.2, 0.25) is 0 Å². The first-order chi connectivity index (χ1) is 7.77. The summed E-state index contributed by atoms with van der Waals surface area (Å²) in [6.45, 7) is 0. The van der Waals surface area contributed by atoms with Gasteiger partial charge >= 0.3 is 5.97 Å². The molecule has 3 heteroatoms. The van der Waals surface area contributed by atoms with Crippen LogP contribution in [0.2, 0.25) is 0 Å². The van der Waals surface area contributed by atoms with Gasteiger partial charge in [0.05, 0.1) is 18.4 Å². The number of carboxylic acids is 1. The van der Waals surface area contributed by atoms with Gasteiger partial charge in [0.15, 0.2) is 0 Å². The van der Waals surface area contributed by atoms with Crippen molar-refractivity contribution < 1.29 is 14.3 Å². The first-order valence-electron chi connectivity index (χ1n) is 5.06. The molecule has 82 valence electrons. The summed E-state index contributed by atoms with van der Waals surface area (Å²) in [6, 6.07) is 11.3. The Morgan fingerprint density at radius 1 is 1.25 bits per heavy atom. The van der Waals surface area contributed by atoms with Crippen LogP contribution in [-0.4, -0.2) is 11.1 Å². The fourth-order valence-electron chi connectivity index (χ4n) is 1.67. The van der Waals surface area contributed by atoms with Crippen LogP contribution in [-0.2, 0) is 11.2 Å². The van der Waals surface area contributed by atoms with Gasteiger partial charge < -0.3 is 9.52 Å². The van der Waals surface area contributed by atoms with Gasteiger partial charge in [-0.25, -0.2) is 0 Å². The van der Waals surface area contributed by atoms with E-state index >= 15 is 0 Å². The number of aliphatic carboxylic acids is 1. The third-order valence-corrected chi connectivity index (χ3v) is 2.53. The van der Waals surface area contributed by atoms with Crippen LogP contribution in [0.1, 0.15) is 17.0 Å². The lowest BCUT2D eigenvalue weighted by molar-refractivity contribution is -0.138. The molecule has 0 bridgehead atoms. The smallest absolute Gasteiger partial charge is 0.311 e. The molecule has 2 aromatic rings. The summed E-state index contributed by atoms with van der Waals surface area (Å²) in [4.78, 5) is 11.2. The molecule has 16 heavy (non-hydrogen) atoms. The normalized spacial score (nSPS) is 12.2. The van der Waals surface area contributed by atoms with Gasteiger partial charge in [-0.15, -0.1) is 0 Å². The van der Waals surface area contributed by atoms with Crippen LogP contribution in [0.25, 0.3) is 0 Å². The largest absolute Gasteiger partial charge is 0.481 e. The lowest BCUT2D eigenvalue weighted by Gasteiger charge is -2.09. The standard InChI is InChI=1S/C13H12O3/c14-13(15)12(11-6-7-16-9-11)8-10-4-2-1-3-5-10/h1-7,9,12H,8H2,(H,14,15)/t12-/m1/s1. The number of rotatable bonds is 4. The summed E-state index contributed by atoms with van der Waals surface area (Å²) in [5.74, 6) is -1.37. The molecule has 0 aliphatic heterocycles. The van der Waals surface area contributed by atoms with Gasteiger partial charge in [-0.3, -0.25) is 4.79 Å². The number of carbonyl (C=O) groups is 1. The molecular formula is C13H12O3. The molecule has 0 radical (unpaired) electrons. The molecule has 2 rings (SSSR count). The Morgan fingerprint density at radius 2 is 2.00 bits per heavy atom. The van der Waals surface area contributed by atoms with Crippen molar-refractivity contribution >= 4 is 5.97 Å². The van der Waals surface area contributed by atoms with Crippen LogP contribution in [0.3, 0.4) is 0 Å². The molecule has 1 aromatic heterocycles. The van der Waals surface area contributed by atoms with E-state index in [4.69, 9.17) is 9.52 Å². The van der Waals surface area contributed by atoms with E-state index in [1.54, 1.807) is 6.07 Å². The highest BCUT2D eigenvalue weighted by Crippen LogP contribution is 2.21. The molecular weight excluding hydrogens is 204 g/mol. The predicted octanol–water partition coefficient (Wildman–Crippen LogP) is 2.69. The second-order valence-corrected chi connectivity index (χ2v) is 3.64. The van der Waals surface area contributed by atoms with E-state index in [1.807, 2.05) is 30.3 Å². The van der Waals surface area contributed by atoms with Crippen molar-refractivity contribution in [3.8, 4) is 0 Å². The summed E-state index contributed by atoms with van der Waals surface area (Å²) in [5, 5.41) is 9.16. The molecule has 0 fully saturated rings. The Balaban J connectivity index is 2.19. The fraction of sp³-hybridized carbons (Fsp3) is 0.154. The Labute approximate surface area is 93.3 Å². The summed E-state index contributed by atoms with van der Waals surface area (Å²) >= 11 is 0. The van der Waals surface area contributed by atoms with E-state index in [1.165, 1.54) is 12.5 Å². The van der Waals surface area contributed by atoms with Crippen LogP contribution < -0.4 is 0 Å². The maximum absolute atomic E-state index is 11.2. The van der Waals surface area contributed by atoms with Gasteiger partial charge in [0.1, 0.15) is 0 Å². The minimum atomic E-state index is -0.828. The van der Waals surface area contributed by atoms with E-state index in [0.29, 0.717) is 12.0 Å². The molecule has 0 unspecified atom stereocenters. The van der Waals surface area contributed by atoms with Crippen molar-refractivity contribution in [3.05, 3.63) is 60.1 Å². The molecule has 0 saturated carbocycles. The van der Waals surface area contributed by atoms with Gasteiger partial charge in [-0.2, -0.15) is 0 Å². The maximum atomic E-state index is 11.2. The van der Waals surface area contributed by atoms with Gasteiger partial charge in [-0.1, -0.05) is 30.3 Å². The highest BCUT2D eigenvalue weighted by Gasteiger charge is 2.21. The SMILES string of the molecule is O=C(O)[C@H](Cc1ccccc1)c1ccoc1. The average molecular weight is 216 g/mol. The van der Waals surface area contributed by atoms with E-state index in [9.17, 15) is 4.79 Å². The number of carboxylic acid groups (broad SMARTS) is 1. The topological polar surface area (TPSA) is 50.4 Å². The van der Waals surface area contributed by atoms with Crippen molar-refractivity contribution in [2.75, 3.05) is 0 Å². The number of hydrogen-bond acceptors (Lipinski definition) is 2. The molecule has 1 heterocycles.